The molecule has 0 aromatic carbocycles. The van der Waals surface area contributed by atoms with Crippen LogP contribution in [0.3, 0.4) is 0 Å². The molecule has 7 heteroatoms. The van der Waals surface area contributed by atoms with Crippen LogP contribution in [0.4, 0.5) is 0 Å². The highest BCUT2D eigenvalue weighted by Crippen LogP contribution is 2.43. The van der Waals surface area contributed by atoms with Crippen LogP contribution in [0.25, 0.3) is 0 Å². The highest BCUT2D eigenvalue weighted by Gasteiger charge is 2.49. The quantitative estimate of drug-likeness (QED) is 0.225. The van der Waals surface area contributed by atoms with E-state index >= 15 is 0 Å². The first-order chi connectivity index (χ1) is 14.4. The average molecular weight is 501 g/mol. The van der Waals surface area contributed by atoms with Crippen LogP contribution < -0.4 is 0 Å². The molecule has 0 spiro atoms. The second kappa shape index (κ2) is 10.9. The lowest BCUT2D eigenvalue weighted by Gasteiger charge is -2.46. The molecular formula is C26H52O5Si2. The van der Waals surface area contributed by atoms with Gasteiger partial charge in [-0.3, -0.25) is 9.59 Å². The molecule has 0 rings (SSSR count). The molecule has 33 heavy (non-hydrogen) atoms. The van der Waals surface area contributed by atoms with Crippen LogP contribution in [0.2, 0.25) is 36.3 Å². The zero-order valence-electron chi connectivity index (χ0n) is 23.9. The first kappa shape index (κ1) is 32.2. The molecule has 1 N–H and O–H groups in total. The second-order valence-corrected chi connectivity index (χ2v) is 22.8. The average Bonchev–Trinajstić information content (AvgIpc) is 2.61. The summed E-state index contributed by atoms with van der Waals surface area (Å²) in [5, 5.41) is 9.54. The molecule has 4 atom stereocenters. The highest BCUT2D eigenvalue weighted by molar-refractivity contribution is 6.74. The Kier molecular flexibility index (Phi) is 10.6. The summed E-state index contributed by atoms with van der Waals surface area (Å²) in [6.07, 6.45) is 0.602. The zero-order chi connectivity index (χ0) is 26.8. The van der Waals surface area contributed by atoms with Crippen LogP contribution in [0.15, 0.2) is 12.7 Å². The van der Waals surface area contributed by atoms with Crippen molar-refractivity contribution >= 4 is 28.4 Å². The van der Waals surface area contributed by atoms with E-state index in [1.807, 2.05) is 33.8 Å². The van der Waals surface area contributed by atoms with Crippen molar-refractivity contribution in [3.05, 3.63) is 12.7 Å². The van der Waals surface area contributed by atoms with Gasteiger partial charge in [0.25, 0.3) is 0 Å². The van der Waals surface area contributed by atoms with Crippen molar-refractivity contribution in [2.75, 3.05) is 0 Å². The molecule has 0 saturated carbocycles. The van der Waals surface area contributed by atoms with Crippen LogP contribution in [0.5, 0.6) is 0 Å². The summed E-state index contributed by atoms with van der Waals surface area (Å²) < 4.78 is 13.3. The fourth-order valence-corrected chi connectivity index (χ4v) is 6.24. The van der Waals surface area contributed by atoms with Crippen molar-refractivity contribution in [1.82, 2.24) is 0 Å². The number of carboxylic acid groups (broad SMARTS) is 1. The molecule has 0 saturated heterocycles. The van der Waals surface area contributed by atoms with E-state index in [-0.39, 0.29) is 34.3 Å². The Morgan fingerprint density at radius 3 is 1.61 bits per heavy atom. The molecule has 0 bridgehead atoms. The maximum Gasteiger partial charge on any atom is 0.305 e. The van der Waals surface area contributed by atoms with E-state index in [4.69, 9.17) is 8.85 Å². The van der Waals surface area contributed by atoms with Crippen LogP contribution in [0, 0.1) is 17.3 Å². The van der Waals surface area contributed by atoms with Gasteiger partial charge in [-0.1, -0.05) is 75.3 Å². The molecular weight excluding hydrogens is 448 g/mol. The maximum absolute atomic E-state index is 14.0. The third-order valence-corrected chi connectivity index (χ3v) is 17.0. The zero-order valence-corrected chi connectivity index (χ0v) is 25.9. The topological polar surface area (TPSA) is 72.8 Å². The first-order valence-corrected chi connectivity index (χ1v) is 18.0. The second-order valence-electron chi connectivity index (χ2n) is 13.3. The Labute approximate surface area is 206 Å². The number of aliphatic carboxylic acids is 1. The van der Waals surface area contributed by atoms with Crippen LogP contribution in [-0.2, 0) is 18.4 Å². The summed E-state index contributed by atoms with van der Waals surface area (Å²) in [5.41, 5.74) is -0.983. The first-order valence-electron chi connectivity index (χ1n) is 12.2. The standard InChI is InChI=1S/C26H52O5Si2/c1-16-18(2)22(31-33(14,15)25(7,8)9)19(3)23(29)26(10,11)20(17-21(27)28)30-32(12,13)24(4,5)6/h16,18-20,22H,1,17H2,2-15H3,(H,27,28)/t18-,19?,20-,22+/m0/s1. The minimum atomic E-state index is -2.30. The van der Waals surface area contributed by atoms with Gasteiger partial charge in [-0.15, -0.1) is 6.58 Å². The fraction of sp³-hybridized carbons (Fsp3) is 0.846. The predicted octanol–water partition coefficient (Wildman–Crippen LogP) is 7.30. The molecule has 0 heterocycles. The number of hydrogen-bond donors (Lipinski definition) is 1. The van der Waals surface area contributed by atoms with Gasteiger partial charge in [0.1, 0.15) is 5.78 Å². The van der Waals surface area contributed by atoms with Crippen molar-refractivity contribution in [3.63, 3.8) is 0 Å². The molecule has 0 aliphatic heterocycles. The Bertz CT molecular complexity index is 698. The van der Waals surface area contributed by atoms with E-state index < -0.39 is 40.0 Å². The van der Waals surface area contributed by atoms with Gasteiger partial charge < -0.3 is 14.0 Å². The summed E-state index contributed by atoms with van der Waals surface area (Å²) in [6.45, 7) is 33.0. The number of ketones is 1. The highest BCUT2D eigenvalue weighted by atomic mass is 28.4. The summed E-state index contributed by atoms with van der Waals surface area (Å²) in [4.78, 5) is 25.7. The van der Waals surface area contributed by atoms with Gasteiger partial charge in [0.05, 0.1) is 18.6 Å². The van der Waals surface area contributed by atoms with Crippen LogP contribution in [-0.4, -0.2) is 45.7 Å². The van der Waals surface area contributed by atoms with E-state index in [0.29, 0.717) is 0 Å². The van der Waals surface area contributed by atoms with Crippen molar-refractivity contribution in [2.24, 2.45) is 17.3 Å². The Morgan fingerprint density at radius 2 is 1.27 bits per heavy atom. The number of hydrogen-bond acceptors (Lipinski definition) is 4. The van der Waals surface area contributed by atoms with Crippen molar-refractivity contribution in [2.45, 2.75) is 124 Å². The van der Waals surface area contributed by atoms with E-state index in [0.717, 1.165) is 0 Å². The number of Topliss-reactive ketones (excluding diaryl/α,β-unsaturated/α-hetero) is 1. The maximum atomic E-state index is 14.0. The van der Waals surface area contributed by atoms with Crippen molar-refractivity contribution in [1.29, 1.82) is 0 Å². The van der Waals surface area contributed by atoms with Crippen LogP contribution >= 0.6 is 0 Å². The number of rotatable bonds is 12. The number of carboxylic acids is 1. The van der Waals surface area contributed by atoms with E-state index in [1.54, 1.807) is 0 Å². The molecule has 0 aromatic rings. The Hall–Kier alpha value is -0.766. The predicted molar refractivity (Wildman–Crippen MR) is 144 cm³/mol. The van der Waals surface area contributed by atoms with Gasteiger partial charge in [-0.2, -0.15) is 0 Å². The lowest BCUT2D eigenvalue weighted by atomic mass is 9.73. The van der Waals surface area contributed by atoms with Gasteiger partial charge >= 0.3 is 5.97 Å². The summed E-state index contributed by atoms with van der Waals surface area (Å²) in [7, 11) is -4.45. The Balaban J connectivity index is 6.23. The molecule has 0 aliphatic carbocycles. The third kappa shape index (κ3) is 8.15. The molecule has 1 unspecified atom stereocenters. The lowest BCUT2D eigenvalue weighted by Crippen LogP contribution is -2.54. The summed E-state index contributed by atoms with van der Waals surface area (Å²) >= 11 is 0. The van der Waals surface area contributed by atoms with Gasteiger partial charge in [0.2, 0.25) is 0 Å². The fourth-order valence-electron chi connectivity index (χ4n) is 3.35. The minimum absolute atomic E-state index is 0.00170. The van der Waals surface area contributed by atoms with E-state index in [2.05, 4.69) is 74.3 Å². The van der Waals surface area contributed by atoms with Crippen molar-refractivity contribution in [3.8, 4) is 0 Å². The minimum Gasteiger partial charge on any atom is -0.481 e. The van der Waals surface area contributed by atoms with Crippen LogP contribution in [0.1, 0.15) is 75.7 Å². The monoisotopic (exact) mass is 500 g/mol. The van der Waals surface area contributed by atoms with Gasteiger partial charge in [0, 0.05) is 11.3 Å². The summed E-state index contributed by atoms with van der Waals surface area (Å²) in [5.74, 6) is -1.43. The molecule has 5 nitrogen and oxygen atoms in total. The van der Waals surface area contributed by atoms with Crippen molar-refractivity contribution < 1.29 is 23.5 Å². The van der Waals surface area contributed by atoms with Gasteiger partial charge in [0.15, 0.2) is 16.6 Å². The molecule has 0 aliphatic rings. The largest absolute Gasteiger partial charge is 0.481 e. The number of carbonyl (C=O) groups excluding carboxylic acids is 1. The summed E-state index contributed by atoms with van der Waals surface area (Å²) in [6, 6.07) is 0. The molecule has 0 amide bonds. The van der Waals surface area contributed by atoms with E-state index in [1.165, 1.54) is 0 Å². The SMILES string of the molecule is C=C[C@H](C)[C@@H](O[Si](C)(C)C(C)(C)C)C(C)C(=O)C(C)(C)[C@H](CC(=O)O)O[Si](C)(C)C(C)(C)C. The molecule has 0 fully saturated rings. The van der Waals surface area contributed by atoms with Gasteiger partial charge in [-0.25, -0.2) is 0 Å². The number of carbonyl (C=O) groups is 2. The Morgan fingerprint density at radius 1 is 0.879 bits per heavy atom. The third-order valence-electron chi connectivity index (χ3n) is 8.08. The molecule has 194 valence electrons. The molecule has 0 radical (unpaired) electrons. The lowest BCUT2D eigenvalue weighted by molar-refractivity contribution is -0.146. The normalized spacial score (nSPS) is 17.8. The molecule has 0 aromatic heterocycles. The van der Waals surface area contributed by atoms with E-state index in [9.17, 15) is 14.7 Å². The smallest absolute Gasteiger partial charge is 0.305 e. The van der Waals surface area contributed by atoms with Gasteiger partial charge in [-0.05, 0) is 42.2 Å².